The minimum atomic E-state index is -4.63. The van der Waals surface area contributed by atoms with Crippen LogP contribution in [0.5, 0.6) is 0 Å². The minimum absolute atomic E-state index is 0.0498. The first kappa shape index (κ1) is 25.0. The van der Waals surface area contributed by atoms with Gasteiger partial charge >= 0.3 is 12.1 Å². The lowest BCUT2D eigenvalue weighted by Gasteiger charge is -2.31. The van der Waals surface area contributed by atoms with Crippen molar-refractivity contribution in [2.24, 2.45) is 0 Å². The van der Waals surface area contributed by atoms with Crippen LogP contribution in [0.2, 0.25) is 0 Å². The molecule has 2 aromatic carbocycles. The van der Waals surface area contributed by atoms with E-state index in [4.69, 9.17) is 4.74 Å². The highest BCUT2D eigenvalue weighted by Crippen LogP contribution is 2.37. The number of non-ortho nitro benzene ring substituents is 1. The summed E-state index contributed by atoms with van der Waals surface area (Å²) in [6, 6.07) is 8.10. The summed E-state index contributed by atoms with van der Waals surface area (Å²) in [5.74, 6) is -2.23. The van der Waals surface area contributed by atoms with Crippen molar-refractivity contribution < 1.29 is 37.2 Å². The smallest absolute Gasteiger partial charge is 0.416 e. The van der Waals surface area contributed by atoms with Crippen molar-refractivity contribution in [2.45, 2.75) is 36.3 Å². The summed E-state index contributed by atoms with van der Waals surface area (Å²) >= 11 is 1.06. The van der Waals surface area contributed by atoms with Gasteiger partial charge in [0.05, 0.1) is 21.9 Å². The number of amides is 2. The molecule has 2 aromatic rings. The van der Waals surface area contributed by atoms with Crippen LogP contribution in [0.3, 0.4) is 0 Å². The quantitative estimate of drug-likeness (QED) is 0.277. The molecule has 0 radical (unpaired) electrons. The molecule has 2 amide bonds. The highest BCUT2D eigenvalue weighted by molar-refractivity contribution is 8.00. The molecule has 180 valence electrons. The summed E-state index contributed by atoms with van der Waals surface area (Å²) in [5, 5.41) is 12.3. The van der Waals surface area contributed by atoms with Crippen molar-refractivity contribution in [3.8, 4) is 0 Å². The number of alkyl halides is 3. The number of fused-ring (bicyclic) bond motifs is 1. The van der Waals surface area contributed by atoms with E-state index in [1.807, 2.05) is 0 Å². The Bertz CT molecular complexity index is 1140. The van der Waals surface area contributed by atoms with Crippen molar-refractivity contribution in [3.05, 3.63) is 58.1 Å². The average Bonchev–Trinajstić information content (AvgIpc) is 2.77. The monoisotopic (exact) mass is 497 g/mol. The van der Waals surface area contributed by atoms with Crippen molar-refractivity contribution >= 4 is 46.6 Å². The molecule has 2 unspecified atom stereocenters. The molecule has 2 atom stereocenters. The number of nitro groups is 1. The van der Waals surface area contributed by atoms with E-state index in [1.54, 1.807) is 0 Å². The van der Waals surface area contributed by atoms with Gasteiger partial charge in [-0.1, -0.05) is 0 Å². The van der Waals surface area contributed by atoms with Gasteiger partial charge < -0.3 is 10.1 Å². The van der Waals surface area contributed by atoms with Crippen LogP contribution >= 0.6 is 11.8 Å². The molecule has 9 nitrogen and oxygen atoms in total. The van der Waals surface area contributed by atoms with Crippen molar-refractivity contribution in [1.82, 2.24) is 0 Å². The van der Waals surface area contributed by atoms with Gasteiger partial charge in [0.25, 0.3) is 11.6 Å². The van der Waals surface area contributed by atoms with Crippen LogP contribution in [-0.2, 0) is 25.3 Å². The lowest BCUT2D eigenvalue weighted by molar-refractivity contribution is -0.384. The maximum absolute atomic E-state index is 13.0. The summed E-state index contributed by atoms with van der Waals surface area (Å²) in [7, 11) is 0. The van der Waals surface area contributed by atoms with Crippen LogP contribution in [0.4, 0.5) is 30.2 Å². The van der Waals surface area contributed by atoms with E-state index < -0.39 is 52.3 Å². The largest absolute Gasteiger partial charge is 0.452 e. The molecular formula is C21H18F3N3O6S. The SMILES string of the molecule is CC(OC(=O)C(C)Sc1ccc([N+](=O)[O-])cc1)C(=O)N1CC(=O)Nc2cc(C(F)(F)F)ccc21. The average molecular weight is 497 g/mol. The molecule has 0 aromatic heterocycles. The maximum atomic E-state index is 13.0. The Kier molecular flexibility index (Phi) is 7.15. The summed E-state index contributed by atoms with van der Waals surface area (Å²) in [6.45, 7) is 2.36. The molecule has 34 heavy (non-hydrogen) atoms. The maximum Gasteiger partial charge on any atom is 0.416 e. The van der Waals surface area contributed by atoms with Crippen LogP contribution < -0.4 is 10.2 Å². The van der Waals surface area contributed by atoms with Gasteiger partial charge in [0.2, 0.25) is 5.91 Å². The number of carbonyl (C=O) groups excluding carboxylic acids is 3. The number of nitro benzene ring substituents is 1. The summed E-state index contributed by atoms with van der Waals surface area (Å²) in [6.07, 6.45) is -5.96. The molecule has 0 spiro atoms. The molecule has 1 aliphatic rings. The summed E-state index contributed by atoms with van der Waals surface area (Å²) < 4.78 is 44.2. The van der Waals surface area contributed by atoms with E-state index in [-0.39, 0.29) is 17.1 Å². The third-order valence-electron chi connectivity index (χ3n) is 4.79. The predicted octanol–water partition coefficient (Wildman–Crippen LogP) is 4.01. The van der Waals surface area contributed by atoms with Crippen molar-refractivity contribution in [3.63, 3.8) is 0 Å². The van der Waals surface area contributed by atoms with E-state index in [9.17, 15) is 37.7 Å². The molecule has 0 fully saturated rings. The zero-order chi connectivity index (χ0) is 25.2. The first-order valence-corrected chi connectivity index (χ1v) is 10.7. The van der Waals surface area contributed by atoms with Gasteiger partial charge in [-0.25, -0.2) is 0 Å². The highest BCUT2D eigenvalue weighted by Gasteiger charge is 2.36. The van der Waals surface area contributed by atoms with Crippen LogP contribution in [0, 0.1) is 10.1 Å². The number of anilines is 2. The highest BCUT2D eigenvalue weighted by atomic mass is 32.2. The topological polar surface area (TPSA) is 119 Å². The van der Waals surface area contributed by atoms with Gasteiger partial charge in [-0.3, -0.25) is 29.4 Å². The fraction of sp³-hybridized carbons (Fsp3) is 0.286. The standard InChI is InChI=1S/C21H18F3N3O6S/c1-11(33-20(30)12(2)34-15-6-4-14(5-7-15)27(31)32)19(29)26-10-18(28)25-16-9-13(21(22,23)24)3-8-17(16)26/h3-9,11-12H,10H2,1-2H3,(H,25,28). The van der Waals surface area contributed by atoms with Gasteiger partial charge in [0.1, 0.15) is 11.8 Å². The fourth-order valence-corrected chi connectivity index (χ4v) is 3.95. The zero-order valence-electron chi connectivity index (χ0n) is 17.8. The minimum Gasteiger partial charge on any atom is -0.452 e. The number of nitrogens with one attached hydrogen (secondary N) is 1. The Hall–Kier alpha value is -3.61. The second-order valence-electron chi connectivity index (χ2n) is 7.29. The molecule has 0 aliphatic carbocycles. The third kappa shape index (κ3) is 5.65. The number of hydrogen-bond acceptors (Lipinski definition) is 7. The molecule has 3 rings (SSSR count). The van der Waals surface area contributed by atoms with E-state index in [0.717, 1.165) is 34.9 Å². The molecule has 1 N–H and O–H groups in total. The fourth-order valence-electron chi connectivity index (χ4n) is 3.10. The van der Waals surface area contributed by atoms with Gasteiger partial charge in [-0.2, -0.15) is 13.2 Å². The summed E-state index contributed by atoms with van der Waals surface area (Å²) in [5.41, 5.74) is -1.22. The lowest BCUT2D eigenvalue weighted by atomic mass is 10.1. The van der Waals surface area contributed by atoms with Crippen LogP contribution in [-0.4, -0.2) is 40.6 Å². The second-order valence-corrected chi connectivity index (χ2v) is 8.71. The molecule has 0 bridgehead atoms. The van der Waals surface area contributed by atoms with Crippen LogP contribution in [0.15, 0.2) is 47.4 Å². The predicted molar refractivity (Wildman–Crippen MR) is 116 cm³/mol. The van der Waals surface area contributed by atoms with Gasteiger partial charge in [0, 0.05) is 17.0 Å². The lowest BCUT2D eigenvalue weighted by Crippen LogP contribution is -2.47. The number of halogens is 3. The van der Waals surface area contributed by atoms with E-state index >= 15 is 0 Å². The Balaban J connectivity index is 1.68. The Morgan fingerprint density at radius 2 is 1.82 bits per heavy atom. The normalized spacial score (nSPS) is 15.1. The molecule has 1 heterocycles. The zero-order valence-corrected chi connectivity index (χ0v) is 18.6. The Labute approximate surface area is 195 Å². The molecule has 0 saturated heterocycles. The number of nitrogens with zero attached hydrogens (tertiary/aromatic N) is 2. The van der Waals surface area contributed by atoms with Crippen LogP contribution in [0.1, 0.15) is 19.4 Å². The van der Waals surface area contributed by atoms with E-state index in [2.05, 4.69) is 5.32 Å². The number of esters is 1. The number of hydrogen-bond donors (Lipinski definition) is 1. The van der Waals surface area contributed by atoms with Gasteiger partial charge in [0.15, 0.2) is 6.10 Å². The number of carbonyl (C=O) groups is 3. The molecule has 13 heteroatoms. The third-order valence-corrected chi connectivity index (χ3v) is 5.88. The van der Waals surface area contributed by atoms with Crippen molar-refractivity contribution in [2.75, 3.05) is 16.8 Å². The number of ether oxygens (including phenoxy) is 1. The number of rotatable bonds is 6. The number of benzene rings is 2. The summed E-state index contributed by atoms with van der Waals surface area (Å²) in [4.78, 5) is 49.0. The van der Waals surface area contributed by atoms with E-state index in [0.29, 0.717) is 4.90 Å². The molecule has 1 aliphatic heterocycles. The molecular weight excluding hydrogens is 479 g/mol. The van der Waals surface area contributed by atoms with Crippen molar-refractivity contribution in [1.29, 1.82) is 0 Å². The second kappa shape index (κ2) is 9.71. The Morgan fingerprint density at radius 1 is 1.18 bits per heavy atom. The van der Waals surface area contributed by atoms with Crippen LogP contribution in [0.25, 0.3) is 0 Å². The van der Waals surface area contributed by atoms with E-state index in [1.165, 1.54) is 38.1 Å². The Morgan fingerprint density at radius 3 is 2.41 bits per heavy atom. The first-order chi connectivity index (χ1) is 15.9. The van der Waals surface area contributed by atoms with Gasteiger partial charge in [-0.05, 0) is 44.2 Å². The first-order valence-electron chi connectivity index (χ1n) is 9.81. The van der Waals surface area contributed by atoms with Gasteiger partial charge in [-0.15, -0.1) is 11.8 Å². The molecule has 0 saturated carbocycles. The number of thioether (sulfide) groups is 1.